The van der Waals surface area contributed by atoms with Crippen LogP contribution in [-0.4, -0.2) is 40.9 Å². The van der Waals surface area contributed by atoms with Gasteiger partial charge in [-0.25, -0.2) is 0 Å². The van der Waals surface area contributed by atoms with E-state index >= 15 is 0 Å². The molecule has 1 N–H and O–H groups in total. The highest BCUT2D eigenvalue weighted by molar-refractivity contribution is 6.05. The number of fused-ring (bicyclic) bond motifs is 5. The van der Waals surface area contributed by atoms with Crippen LogP contribution < -0.4 is 15.0 Å². The van der Waals surface area contributed by atoms with Gasteiger partial charge in [0, 0.05) is 29.4 Å². The van der Waals surface area contributed by atoms with E-state index in [4.69, 9.17) is 4.74 Å². The maximum Gasteiger partial charge on any atom is 0.268 e. The van der Waals surface area contributed by atoms with Crippen molar-refractivity contribution in [2.24, 2.45) is 0 Å². The van der Waals surface area contributed by atoms with Crippen LogP contribution in [-0.2, 0) is 16.8 Å². The van der Waals surface area contributed by atoms with Crippen molar-refractivity contribution in [3.8, 4) is 5.75 Å². The summed E-state index contributed by atoms with van der Waals surface area (Å²) in [6.07, 6.45) is 4.68. The van der Waals surface area contributed by atoms with Crippen LogP contribution >= 0.6 is 0 Å². The number of benzene rings is 2. The molecule has 3 heterocycles. The second kappa shape index (κ2) is 7.82. The van der Waals surface area contributed by atoms with E-state index in [2.05, 4.69) is 16.5 Å². The summed E-state index contributed by atoms with van der Waals surface area (Å²) in [6, 6.07) is 13.2. The van der Waals surface area contributed by atoms with Crippen LogP contribution in [0.15, 0.2) is 55.1 Å². The first-order chi connectivity index (χ1) is 17.2. The normalized spacial score (nSPS) is 19.1. The Morgan fingerprint density at radius 2 is 1.94 bits per heavy atom. The summed E-state index contributed by atoms with van der Waals surface area (Å²) in [5.41, 5.74) is 3.04. The number of carbonyl (C=O) groups is 3. The van der Waals surface area contributed by atoms with Gasteiger partial charge in [-0.2, -0.15) is 0 Å². The molecule has 1 aromatic heterocycles. The van der Waals surface area contributed by atoms with Gasteiger partial charge in [-0.3, -0.25) is 19.3 Å². The number of Topliss-reactive ketones (excluding diaryl/α,β-unsaturated/α-hetero) is 1. The lowest BCUT2D eigenvalue weighted by atomic mass is 9.75. The molecule has 36 heavy (non-hydrogen) atoms. The van der Waals surface area contributed by atoms with Crippen LogP contribution in [0, 0.1) is 0 Å². The lowest BCUT2D eigenvalue weighted by Crippen LogP contribution is -2.55. The third-order valence-corrected chi connectivity index (χ3v) is 7.91. The second-order valence-corrected chi connectivity index (χ2v) is 10.8. The Hall–Kier alpha value is -3.87. The van der Waals surface area contributed by atoms with Crippen molar-refractivity contribution < 1.29 is 19.1 Å². The fourth-order valence-electron chi connectivity index (χ4n) is 5.86. The molecule has 3 aromatic rings. The Morgan fingerprint density at radius 1 is 1.14 bits per heavy atom. The topological polar surface area (TPSA) is 80.6 Å². The minimum atomic E-state index is -0.538. The molecule has 1 saturated carbocycles. The second-order valence-electron chi connectivity index (χ2n) is 10.8. The van der Waals surface area contributed by atoms with Gasteiger partial charge in [0.1, 0.15) is 18.1 Å². The molecule has 1 aliphatic carbocycles. The molecule has 0 saturated heterocycles. The zero-order chi connectivity index (χ0) is 25.2. The molecule has 184 valence electrons. The molecule has 1 spiro atoms. The zero-order valence-corrected chi connectivity index (χ0v) is 20.6. The smallest absolute Gasteiger partial charge is 0.268 e. The van der Waals surface area contributed by atoms with Crippen LogP contribution in [0.2, 0.25) is 0 Å². The summed E-state index contributed by atoms with van der Waals surface area (Å²) >= 11 is 0. The van der Waals surface area contributed by atoms with E-state index in [0.717, 1.165) is 35.7 Å². The predicted octanol–water partition coefficient (Wildman–Crippen LogP) is 4.38. The summed E-state index contributed by atoms with van der Waals surface area (Å²) in [4.78, 5) is 40.3. The molecule has 2 amide bonds. The van der Waals surface area contributed by atoms with Crippen molar-refractivity contribution in [1.82, 2.24) is 9.88 Å². The maximum absolute atomic E-state index is 13.4. The van der Waals surface area contributed by atoms with E-state index < -0.39 is 5.54 Å². The van der Waals surface area contributed by atoms with Gasteiger partial charge >= 0.3 is 0 Å². The van der Waals surface area contributed by atoms with Crippen LogP contribution in [0.4, 0.5) is 5.69 Å². The Bertz CT molecular complexity index is 1460. The first kappa shape index (κ1) is 22.6. The van der Waals surface area contributed by atoms with E-state index in [0.29, 0.717) is 35.8 Å². The summed E-state index contributed by atoms with van der Waals surface area (Å²) in [5.74, 6) is 0.332. The Morgan fingerprint density at radius 3 is 2.67 bits per heavy atom. The van der Waals surface area contributed by atoms with Gasteiger partial charge in [-0.1, -0.05) is 24.8 Å². The molecule has 6 rings (SSSR count). The van der Waals surface area contributed by atoms with Gasteiger partial charge in [0.15, 0.2) is 5.78 Å². The molecule has 2 aliphatic heterocycles. The third kappa shape index (κ3) is 3.29. The fraction of sp³-hybridized carbons (Fsp3) is 0.345. The van der Waals surface area contributed by atoms with Gasteiger partial charge in [-0.05, 0) is 69.0 Å². The molecule has 1 fully saturated rings. The lowest BCUT2D eigenvalue weighted by molar-refractivity contribution is -0.115. The Kier molecular flexibility index (Phi) is 4.90. The van der Waals surface area contributed by atoms with Gasteiger partial charge in [0.2, 0.25) is 0 Å². The van der Waals surface area contributed by atoms with E-state index in [9.17, 15) is 14.4 Å². The largest absolute Gasteiger partial charge is 0.489 e. The number of rotatable bonds is 4. The number of carbonyl (C=O) groups excluding carboxylic acids is 3. The fourth-order valence-corrected chi connectivity index (χ4v) is 5.86. The number of hydrogen-bond donors (Lipinski definition) is 1. The van der Waals surface area contributed by atoms with Crippen LogP contribution in [0.5, 0.6) is 5.75 Å². The number of anilines is 1. The molecule has 2 aromatic carbocycles. The van der Waals surface area contributed by atoms with E-state index in [1.807, 2.05) is 56.3 Å². The van der Waals surface area contributed by atoms with Crippen molar-refractivity contribution in [2.75, 3.05) is 18.1 Å². The average Bonchev–Trinajstić information content (AvgIpc) is 3.22. The molecular formula is C29H29N3O4. The number of ketones is 1. The molecule has 0 unspecified atom stereocenters. The molecule has 0 atom stereocenters. The van der Waals surface area contributed by atoms with Crippen molar-refractivity contribution >= 4 is 34.2 Å². The number of nitrogens with one attached hydrogen (secondary N) is 1. The number of ether oxygens (including phenoxy) is 1. The summed E-state index contributed by atoms with van der Waals surface area (Å²) in [5, 5.41) is 4.01. The molecule has 7 nitrogen and oxygen atoms in total. The number of hydrogen-bond acceptors (Lipinski definition) is 4. The first-order valence-corrected chi connectivity index (χ1v) is 12.4. The quantitative estimate of drug-likeness (QED) is 0.441. The summed E-state index contributed by atoms with van der Waals surface area (Å²) < 4.78 is 8.06. The zero-order valence-electron chi connectivity index (χ0n) is 20.6. The standard InChI is InChI=1S/C29H29N3O4/c1-4-26(34)32-22-12-18(6-9-25(22)36-17-28(32,2)3)13-24(33)20-8-7-19-14-23-27(35)30-16-29(10-5-11-29)31(23)21(19)15-20/h4,6-9,12,14-15H,1,5,10-11,13,16-17H2,2-3H3,(H,30,35). The van der Waals surface area contributed by atoms with Crippen molar-refractivity contribution in [3.63, 3.8) is 0 Å². The monoisotopic (exact) mass is 483 g/mol. The Labute approximate surface area is 209 Å². The van der Waals surface area contributed by atoms with Crippen molar-refractivity contribution in [1.29, 1.82) is 0 Å². The number of amides is 2. The van der Waals surface area contributed by atoms with Crippen LogP contribution in [0.25, 0.3) is 10.9 Å². The minimum absolute atomic E-state index is 0.0205. The van der Waals surface area contributed by atoms with Gasteiger partial charge in [0.25, 0.3) is 11.8 Å². The maximum atomic E-state index is 13.4. The van der Waals surface area contributed by atoms with E-state index in [-0.39, 0.29) is 29.6 Å². The number of aromatic nitrogens is 1. The van der Waals surface area contributed by atoms with Crippen LogP contribution in [0.1, 0.15) is 59.5 Å². The first-order valence-electron chi connectivity index (χ1n) is 12.4. The molecular weight excluding hydrogens is 454 g/mol. The highest BCUT2D eigenvalue weighted by Crippen LogP contribution is 2.44. The minimum Gasteiger partial charge on any atom is -0.489 e. The van der Waals surface area contributed by atoms with Gasteiger partial charge in [0.05, 0.1) is 16.8 Å². The molecule has 0 radical (unpaired) electrons. The van der Waals surface area contributed by atoms with Gasteiger partial charge < -0.3 is 14.6 Å². The van der Waals surface area contributed by atoms with Crippen molar-refractivity contribution in [3.05, 3.63) is 71.9 Å². The number of nitrogens with zero attached hydrogens (tertiary/aromatic N) is 2. The third-order valence-electron chi connectivity index (χ3n) is 7.91. The van der Waals surface area contributed by atoms with E-state index in [1.165, 1.54) is 6.08 Å². The van der Waals surface area contributed by atoms with Crippen LogP contribution in [0.3, 0.4) is 0 Å². The lowest BCUT2D eigenvalue weighted by Gasteiger charge is -2.47. The Balaban J connectivity index is 1.34. The molecule has 0 bridgehead atoms. The predicted molar refractivity (Wildman–Crippen MR) is 138 cm³/mol. The van der Waals surface area contributed by atoms with Gasteiger partial charge in [-0.15, -0.1) is 0 Å². The summed E-state index contributed by atoms with van der Waals surface area (Å²) in [6.45, 7) is 8.54. The highest BCUT2D eigenvalue weighted by Gasteiger charge is 2.44. The molecule has 7 heteroatoms. The highest BCUT2D eigenvalue weighted by atomic mass is 16.5. The average molecular weight is 484 g/mol. The SMILES string of the molecule is C=CC(=O)N1c2cc(CC(=O)c3ccc4cc5n(c4c3)C3(CCC3)CNC5=O)ccc2OCC1(C)C. The molecule has 3 aliphatic rings. The van der Waals surface area contributed by atoms with Crippen molar-refractivity contribution in [2.45, 2.75) is 50.6 Å². The summed E-state index contributed by atoms with van der Waals surface area (Å²) in [7, 11) is 0. The van der Waals surface area contributed by atoms with E-state index in [1.54, 1.807) is 4.90 Å².